The first-order valence-electron chi connectivity index (χ1n) is 7.27. The second kappa shape index (κ2) is 5.27. The van der Waals surface area contributed by atoms with Crippen molar-refractivity contribution in [3.05, 3.63) is 53.5 Å². The van der Waals surface area contributed by atoms with Gasteiger partial charge in [0, 0.05) is 0 Å². The molecule has 0 aromatic heterocycles. The maximum atomic E-state index is 11.5. The molecule has 1 aliphatic rings. The topological polar surface area (TPSA) is 54.4 Å². The van der Waals surface area contributed by atoms with Crippen molar-refractivity contribution >= 4 is 17.8 Å². The van der Waals surface area contributed by atoms with E-state index in [-0.39, 0.29) is 16.4 Å². The van der Waals surface area contributed by atoms with E-state index in [9.17, 15) is 14.7 Å². The molecule has 0 aliphatic carbocycles. The third-order valence-corrected chi connectivity index (χ3v) is 5.43. The van der Waals surface area contributed by atoms with E-state index in [4.69, 9.17) is 0 Å². The highest BCUT2D eigenvalue weighted by molar-refractivity contribution is 8.06. The summed E-state index contributed by atoms with van der Waals surface area (Å²) in [4.78, 5) is 25.1. The summed E-state index contributed by atoms with van der Waals surface area (Å²) in [5.74, 6) is -0.424. The molecule has 118 valence electrons. The van der Waals surface area contributed by atoms with Gasteiger partial charge >= 0.3 is 0 Å². The highest BCUT2D eigenvalue weighted by Crippen LogP contribution is 2.48. The predicted octanol–water partition coefficient (Wildman–Crippen LogP) is 3.98. The van der Waals surface area contributed by atoms with E-state index in [1.165, 1.54) is 9.81 Å². The lowest BCUT2D eigenvalue weighted by atomic mass is 9.91. The van der Waals surface area contributed by atoms with Crippen LogP contribution in [0.5, 0.6) is 5.75 Å². The minimum atomic E-state index is -0.794. The van der Waals surface area contributed by atoms with Gasteiger partial charge in [0.15, 0.2) is 5.75 Å². The van der Waals surface area contributed by atoms with Crippen molar-refractivity contribution in [2.24, 2.45) is 10.8 Å². The van der Waals surface area contributed by atoms with Crippen LogP contribution in [0.3, 0.4) is 0 Å². The molecule has 1 aromatic carbocycles. The molecule has 0 bridgehead atoms. The highest BCUT2D eigenvalue weighted by Gasteiger charge is 2.28. The van der Waals surface area contributed by atoms with Crippen LogP contribution in [-0.4, -0.2) is 5.11 Å². The van der Waals surface area contributed by atoms with E-state index in [0.717, 1.165) is 5.57 Å². The van der Waals surface area contributed by atoms with Gasteiger partial charge in [-0.2, -0.15) is 0 Å². The van der Waals surface area contributed by atoms with Crippen LogP contribution in [0.15, 0.2) is 37.1 Å². The van der Waals surface area contributed by atoms with Crippen LogP contribution in [-0.2, 0) is 0 Å². The summed E-state index contributed by atoms with van der Waals surface area (Å²) < 4.78 is 0. The standard InChI is InChI=1S/C18H22O3S/c1-17(2,3)12-8-10(9-13(22-12)18(4,5)6)7-11-14(19)16(21)15(11)20/h7-9,19H,1-6H3. The number of aromatic hydroxyl groups is 1. The monoisotopic (exact) mass is 318 g/mol. The SMILES string of the molecule is CC(C)(C)C1=CC(=Cc2c(O)c(=O)c2=O)C=C(C(C)(C)C)S1. The fraction of sp³-hybridized carbons (Fsp3) is 0.444. The number of allylic oxidation sites excluding steroid dienone is 5. The van der Waals surface area contributed by atoms with Crippen LogP contribution < -0.4 is 10.9 Å². The van der Waals surface area contributed by atoms with Gasteiger partial charge in [0.1, 0.15) is 0 Å². The molecule has 1 heterocycles. The Balaban J connectivity index is 2.54. The molecule has 0 fully saturated rings. The molecule has 0 amide bonds. The smallest absolute Gasteiger partial charge is 0.268 e. The fourth-order valence-corrected chi connectivity index (χ4v) is 3.28. The Morgan fingerprint density at radius 1 is 0.909 bits per heavy atom. The summed E-state index contributed by atoms with van der Waals surface area (Å²) >= 11 is 1.75. The Morgan fingerprint density at radius 3 is 1.73 bits per heavy atom. The van der Waals surface area contributed by atoms with Crippen molar-refractivity contribution in [3.8, 4) is 5.75 Å². The largest absolute Gasteiger partial charge is 0.504 e. The molecule has 1 N–H and O–H groups in total. The molecule has 1 aromatic rings. The molecule has 0 atom stereocenters. The van der Waals surface area contributed by atoms with E-state index in [1.807, 2.05) is 12.2 Å². The average Bonchev–Trinajstić information content (AvgIpc) is 2.41. The number of hydrogen-bond acceptors (Lipinski definition) is 4. The molecule has 0 saturated carbocycles. The van der Waals surface area contributed by atoms with Crippen LogP contribution in [0, 0.1) is 10.8 Å². The first-order chi connectivity index (χ1) is 9.91. The average molecular weight is 318 g/mol. The highest BCUT2D eigenvalue weighted by atomic mass is 32.2. The molecular weight excluding hydrogens is 296 g/mol. The molecule has 3 nitrogen and oxygen atoms in total. The lowest BCUT2D eigenvalue weighted by Crippen LogP contribution is -2.32. The Bertz CT molecular complexity index is 739. The van der Waals surface area contributed by atoms with Gasteiger partial charge in [0.2, 0.25) is 5.43 Å². The van der Waals surface area contributed by atoms with Gasteiger partial charge in [0.05, 0.1) is 5.56 Å². The third-order valence-electron chi connectivity index (χ3n) is 3.53. The lowest BCUT2D eigenvalue weighted by molar-refractivity contribution is 0.461. The van der Waals surface area contributed by atoms with Crippen LogP contribution >= 0.6 is 11.8 Å². The van der Waals surface area contributed by atoms with Gasteiger partial charge in [-0.05, 0) is 44.4 Å². The van der Waals surface area contributed by atoms with Crippen molar-refractivity contribution < 1.29 is 5.11 Å². The molecule has 1 aliphatic heterocycles. The predicted molar refractivity (Wildman–Crippen MR) is 93.7 cm³/mol. The molecule has 0 saturated heterocycles. The van der Waals surface area contributed by atoms with Crippen molar-refractivity contribution in [1.29, 1.82) is 0 Å². The van der Waals surface area contributed by atoms with Gasteiger partial charge in [-0.15, -0.1) is 0 Å². The van der Waals surface area contributed by atoms with Gasteiger partial charge in [-0.1, -0.05) is 53.3 Å². The zero-order chi connectivity index (χ0) is 16.9. The summed E-state index contributed by atoms with van der Waals surface area (Å²) in [6.07, 6.45) is 5.66. The number of rotatable bonds is 1. The Kier molecular flexibility index (Phi) is 4.03. The summed E-state index contributed by atoms with van der Waals surface area (Å²) in [6, 6.07) is 0. The third kappa shape index (κ3) is 3.12. The molecule has 22 heavy (non-hydrogen) atoms. The van der Waals surface area contributed by atoms with E-state index < -0.39 is 16.6 Å². The fourth-order valence-electron chi connectivity index (χ4n) is 2.04. The van der Waals surface area contributed by atoms with Gasteiger partial charge in [-0.3, -0.25) is 9.59 Å². The van der Waals surface area contributed by atoms with Crippen molar-refractivity contribution in [2.45, 2.75) is 41.5 Å². The van der Waals surface area contributed by atoms with Crippen molar-refractivity contribution in [2.75, 3.05) is 0 Å². The van der Waals surface area contributed by atoms with E-state index in [1.54, 1.807) is 17.8 Å². The first kappa shape index (κ1) is 16.8. The van der Waals surface area contributed by atoms with Gasteiger partial charge in [-0.25, -0.2) is 0 Å². The van der Waals surface area contributed by atoms with Crippen molar-refractivity contribution in [3.63, 3.8) is 0 Å². The second-order valence-electron chi connectivity index (χ2n) is 7.68. The van der Waals surface area contributed by atoms with E-state index in [2.05, 4.69) is 41.5 Å². The number of hydrogen-bond donors (Lipinski definition) is 1. The summed E-state index contributed by atoms with van der Waals surface area (Å²) in [6.45, 7) is 12.9. The quantitative estimate of drug-likeness (QED) is 0.796. The second-order valence-corrected chi connectivity index (χ2v) is 8.77. The molecule has 0 radical (unpaired) electrons. The van der Waals surface area contributed by atoms with Gasteiger partial charge in [0.25, 0.3) is 5.43 Å². The van der Waals surface area contributed by atoms with Crippen LogP contribution in [0.4, 0.5) is 0 Å². The molecule has 0 spiro atoms. The summed E-state index contributed by atoms with van der Waals surface area (Å²) in [5, 5.41) is 9.55. The Hall–Kier alpha value is -1.55. The van der Waals surface area contributed by atoms with Crippen LogP contribution in [0.25, 0.3) is 6.08 Å². The van der Waals surface area contributed by atoms with Gasteiger partial charge < -0.3 is 5.11 Å². The van der Waals surface area contributed by atoms with E-state index in [0.29, 0.717) is 0 Å². The van der Waals surface area contributed by atoms with Crippen molar-refractivity contribution in [1.82, 2.24) is 0 Å². The van der Waals surface area contributed by atoms with Crippen LogP contribution in [0.2, 0.25) is 0 Å². The summed E-state index contributed by atoms with van der Waals surface area (Å²) in [7, 11) is 0. The zero-order valence-electron chi connectivity index (χ0n) is 13.9. The number of thioether (sulfide) groups is 1. The zero-order valence-corrected chi connectivity index (χ0v) is 14.7. The Labute approximate surface area is 135 Å². The molecule has 2 rings (SSSR count). The maximum Gasteiger partial charge on any atom is 0.268 e. The molecule has 0 unspecified atom stereocenters. The van der Waals surface area contributed by atoms with E-state index >= 15 is 0 Å². The minimum absolute atomic E-state index is 0.00954. The Morgan fingerprint density at radius 2 is 1.36 bits per heavy atom. The first-order valence-corrected chi connectivity index (χ1v) is 8.09. The summed E-state index contributed by atoms with van der Waals surface area (Å²) in [5.41, 5.74) is -0.469. The minimum Gasteiger partial charge on any atom is -0.504 e. The lowest BCUT2D eigenvalue weighted by Gasteiger charge is -2.32. The van der Waals surface area contributed by atoms with Crippen LogP contribution in [0.1, 0.15) is 47.1 Å². The molecule has 4 heteroatoms. The normalized spacial score (nSPS) is 16.5. The molecular formula is C18H22O3S. The maximum absolute atomic E-state index is 11.5.